The Morgan fingerprint density at radius 2 is 1.78 bits per heavy atom. The van der Waals surface area contributed by atoms with Crippen LogP contribution in [0, 0.1) is 11.3 Å². The summed E-state index contributed by atoms with van der Waals surface area (Å²) in [6, 6.07) is 0. The Hall–Kier alpha value is -0.580. The highest BCUT2D eigenvalue weighted by atomic mass is 16.7. The zero-order chi connectivity index (χ0) is 20.6. The molecular formula is C19H34O8. The van der Waals surface area contributed by atoms with Crippen molar-refractivity contribution in [3.8, 4) is 0 Å². The number of rotatable bonds is 5. The fourth-order valence-electron chi connectivity index (χ4n) is 4.20. The Labute approximate surface area is 160 Å². The molecule has 0 unspecified atom stereocenters. The average molecular weight is 390 g/mol. The van der Waals surface area contributed by atoms with Crippen LogP contribution in [0.5, 0.6) is 0 Å². The number of aliphatic hydroxyl groups is 6. The minimum atomic E-state index is -1.50. The van der Waals surface area contributed by atoms with Gasteiger partial charge in [-0.25, -0.2) is 0 Å². The summed E-state index contributed by atoms with van der Waals surface area (Å²) in [5.74, 6) is -0.160. The van der Waals surface area contributed by atoms with Crippen molar-refractivity contribution in [2.75, 3.05) is 6.61 Å². The molecule has 0 bridgehead atoms. The Morgan fingerprint density at radius 1 is 1.15 bits per heavy atom. The van der Waals surface area contributed by atoms with Gasteiger partial charge in [-0.05, 0) is 31.1 Å². The van der Waals surface area contributed by atoms with E-state index in [1.54, 1.807) is 19.1 Å². The monoisotopic (exact) mass is 390 g/mol. The zero-order valence-electron chi connectivity index (χ0n) is 16.4. The van der Waals surface area contributed by atoms with Crippen molar-refractivity contribution in [2.24, 2.45) is 11.3 Å². The number of hydrogen-bond acceptors (Lipinski definition) is 8. The van der Waals surface area contributed by atoms with E-state index in [1.807, 2.05) is 20.8 Å². The lowest BCUT2D eigenvalue weighted by Crippen LogP contribution is -2.59. The smallest absolute Gasteiger partial charge is 0.187 e. The maximum Gasteiger partial charge on any atom is 0.187 e. The van der Waals surface area contributed by atoms with Gasteiger partial charge in [0.25, 0.3) is 0 Å². The summed E-state index contributed by atoms with van der Waals surface area (Å²) in [5.41, 5.74) is -1.68. The molecule has 2 aliphatic rings. The summed E-state index contributed by atoms with van der Waals surface area (Å²) < 4.78 is 10.9. The summed E-state index contributed by atoms with van der Waals surface area (Å²) in [6.45, 7) is 6.86. The molecule has 0 spiro atoms. The van der Waals surface area contributed by atoms with Gasteiger partial charge in [-0.15, -0.1) is 0 Å². The summed E-state index contributed by atoms with van der Waals surface area (Å²) >= 11 is 0. The van der Waals surface area contributed by atoms with Crippen molar-refractivity contribution in [3.05, 3.63) is 12.2 Å². The number of aliphatic hydroxyl groups excluding tert-OH is 5. The molecule has 0 radical (unpaired) electrons. The normalized spacial score (nSPS) is 46.5. The number of hydrogen-bond donors (Lipinski definition) is 6. The minimum absolute atomic E-state index is 0.160. The van der Waals surface area contributed by atoms with Crippen molar-refractivity contribution in [1.82, 2.24) is 0 Å². The van der Waals surface area contributed by atoms with E-state index in [4.69, 9.17) is 9.47 Å². The second kappa shape index (κ2) is 8.42. The fraction of sp³-hybridized carbons (Fsp3) is 0.895. The lowest BCUT2D eigenvalue weighted by atomic mass is 9.60. The van der Waals surface area contributed by atoms with Crippen LogP contribution in [0.2, 0.25) is 0 Å². The first-order valence-electron chi connectivity index (χ1n) is 9.48. The minimum Gasteiger partial charge on any atom is -0.394 e. The molecule has 1 aliphatic carbocycles. The second-order valence-corrected chi connectivity index (χ2v) is 8.60. The van der Waals surface area contributed by atoms with Crippen LogP contribution in [-0.2, 0) is 9.47 Å². The van der Waals surface area contributed by atoms with Gasteiger partial charge in [0.1, 0.15) is 24.4 Å². The third-order valence-corrected chi connectivity index (χ3v) is 6.03. The van der Waals surface area contributed by atoms with Crippen LogP contribution in [0.15, 0.2) is 12.2 Å². The van der Waals surface area contributed by atoms with E-state index in [2.05, 4.69) is 0 Å². The van der Waals surface area contributed by atoms with Crippen LogP contribution < -0.4 is 0 Å². The Bertz CT molecular complexity index is 522. The quantitative estimate of drug-likeness (QED) is 0.339. The van der Waals surface area contributed by atoms with E-state index < -0.39 is 60.5 Å². The van der Waals surface area contributed by atoms with E-state index in [9.17, 15) is 30.6 Å². The van der Waals surface area contributed by atoms with Crippen molar-refractivity contribution >= 4 is 0 Å². The van der Waals surface area contributed by atoms with Crippen LogP contribution in [0.4, 0.5) is 0 Å². The van der Waals surface area contributed by atoms with Crippen molar-refractivity contribution in [1.29, 1.82) is 0 Å². The zero-order valence-corrected chi connectivity index (χ0v) is 16.4. The molecule has 8 heteroatoms. The van der Waals surface area contributed by atoms with Gasteiger partial charge in [-0.1, -0.05) is 32.9 Å². The fourth-order valence-corrected chi connectivity index (χ4v) is 4.20. The molecule has 0 aromatic heterocycles. The molecule has 8 nitrogen and oxygen atoms in total. The van der Waals surface area contributed by atoms with E-state index in [1.165, 1.54) is 0 Å². The van der Waals surface area contributed by atoms with Crippen LogP contribution >= 0.6 is 0 Å². The lowest BCUT2D eigenvalue weighted by Gasteiger charge is -2.50. The molecular weight excluding hydrogens is 356 g/mol. The van der Waals surface area contributed by atoms with Gasteiger partial charge in [0.05, 0.1) is 24.4 Å². The molecule has 0 amide bonds. The topological polar surface area (TPSA) is 140 Å². The molecule has 9 atom stereocenters. The van der Waals surface area contributed by atoms with Gasteiger partial charge in [-0.2, -0.15) is 0 Å². The van der Waals surface area contributed by atoms with Crippen LogP contribution in [0.3, 0.4) is 0 Å². The van der Waals surface area contributed by atoms with Crippen LogP contribution in [0.25, 0.3) is 0 Å². The average Bonchev–Trinajstić information content (AvgIpc) is 2.58. The van der Waals surface area contributed by atoms with Crippen LogP contribution in [-0.4, -0.2) is 85.8 Å². The Balaban J connectivity index is 2.07. The highest BCUT2D eigenvalue weighted by Gasteiger charge is 2.50. The molecule has 2 rings (SSSR count). The highest BCUT2D eigenvalue weighted by Crippen LogP contribution is 2.48. The third kappa shape index (κ3) is 4.54. The molecule has 27 heavy (non-hydrogen) atoms. The van der Waals surface area contributed by atoms with E-state index >= 15 is 0 Å². The van der Waals surface area contributed by atoms with E-state index in [0.29, 0.717) is 12.8 Å². The molecule has 1 aliphatic heterocycles. The second-order valence-electron chi connectivity index (χ2n) is 8.60. The summed E-state index contributed by atoms with van der Waals surface area (Å²) in [6.07, 6.45) is -3.42. The molecule has 6 N–H and O–H groups in total. The van der Waals surface area contributed by atoms with E-state index in [0.717, 1.165) is 0 Å². The maximum absolute atomic E-state index is 11.2. The Kier molecular flexibility index (Phi) is 7.08. The van der Waals surface area contributed by atoms with Crippen molar-refractivity contribution in [3.63, 3.8) is 0 Å². The van der Waals surface area contributed by atoms with Crippen molar-refractivity contribution in [2.45, 2.75) is 89.1 Å². The predicted octanol–water partition coefficient (Wildman–Crippen LogP) is -0.704. The maximum atomic E-state index is 11.2. The summed E-state index contributed by atoms with van der Waals surface area (Å²) in [4.78, 5) is 0. The first kappa shape index (κ1) is 22.7. The van der Waals surface area contributed by atoms with Gasteiger partial charge < -0.3 is 40.1 Å². The molecule has 2 fully saturated rings. The standard InChI is InChI=1S/C19H34O8/c1-10-7-12(21)8-18(3,4)19(10,25)6-5-11(2)26-17-16(24)15(23)14(22)13(9-20)27-17/h5-6,10-17,20-25H,7-9H2,1-4H3/b6-5+/t10-,11+,12+,13-,14+,15+,16+,17-,19-/m0/s1. The first-order chi connectivity index (χ1) is 12.4. The first-order valence-corrected chi connectivity index (χ1v) is 9.48. The van der Waals surface area contributed by atoms with Gasteiger partial charge >= 0.3 is 0 Å². The van der Waals surface area contributed by atoms with E-state index in [-0.39, 0.29) is 5.92 Å². The Morgan fingerprint density at radius 3 is 2.33 bits per heavy atom. The molecule has 1 saturated heterocycles. The van der Waals surface area contributed by atoms with Crippen LogP contribution in [0.1, 0.15) is 40.5 Å². The third-order valence-electron chi connectivity index (χ3n) is 6.03. The van der Waals surface area contributed by atoms with Gasteiger partial charge in [-0.3, -0.25) is 0 Å². The van der Waals surface area contributed by atoms with Crippen molar-refractivity contribution < 1.29 is 40.1 Å². The summed E-state index contributed by atoms with van der Waals surface area (Å²) in [5, 5.41) is 60.1. The van der Waals surface area contributed by atoms with Gasteiger partial charge in [0.2, 0.25) is 0 Å². The molecule has 1 saturated carbocycles. The van der Waals surface area contributed by atoms with Gasteiger partial charge in [0, 0.05) is 0 Å². The number of ether oxygens (including phenoxy) is 2. The molecule has 1 heterocycles. The molecule has 158 valence electrons. The SMILES string of the molecule is C[C@H](/C=C/[C@]1(O)[C@@H](C)C[C@@H](O)CC1(C)C)O[C@H]1O[C@@H](CO)[C@@H](O)[C@@H](O)[C@H]1O. The summed E-state index contributed by atoms with van der Waals surface area (Å²) in [7, 11) is 0. The largest absolute Gasteiger partial charge is 0.394 e. The van der Waals surface area contributed by atoms with Gasteiger partial charge in [0.15, 0.2) is 6.29 Å². The predicted molar refractivity (Wildman–Crippen MR) is 96.6 cm³/mol. The molecule has 0 aromatic carbocycles. The lowest BCUT2D eigenvalue weighted by molar-refractivity contribution is -0.306. The highest BCUT2D eigenvalue weighted by molar-refractivity contribution is 5.15. The molecule has 0 aromatic rings.